The second-order valence-corrected chi connectivity index (χ2v) is 11.1. The fourth-order valence-corrected chi connectivity index (χ4v) is 4.82. The maximum atomic E-state index is 12.6. The van der Waals surface area contributed by atoms with E-state index in [-0.39, 0.29) is 16.2 Å². The van der Waals surface area contributed by atoms with E-state index in [9.17, 15) is 18.0 Å². The number of hydrogen-bond acceptors (Lipinski definition) is 8. The normalized spacial score (nSPS) is 11.1. The van der Waals surface area contributed by atoms with Gasteiger partial charge in [0.1, 0.15) is 5.75 Å². The van der Waals surface area contributed by atoms with Crippen LogP contribution in [0.5, 0.6) is 17.2 Å². The summed E-state index contributed by atoms with van der Waals surface area (Å²) in [5, 5.41) is 3.98. The van der Waals surface area contributed by atoms with Gasteiger partial charge < -0.3 is 14.2 Å². The maximum Gasteiger partial charge on any atom is 0.343 e. The number of anilines is 1. The minimum Gasteiger partial charge on any atom is -0.494 e. The number of rotatable bonds is 12. The van der Waals surface area contributed by atoms with Crippen molar-refractivity contribution >= 4 is 33.8 Å². The van der Waals surface area contributed by atoms with Crippen LogP contribution in [0.2, 0.25) is 0 Å². The third-order valence-electron chi connectivity index (χ3n) is 6.06. The van der Waals surface area contributed by atoms with E-state index < -0.39 is 21.9 Å². The molecule has 0 saturated heterocycles. The number of esters is 1. The van der Waals surface area contributed by atoms with Gasteiger partial charge in [-0.05, 0) is 97.8 Å². The number of nitrogens with one attached hydrogen (secondary N) is 2. The standard InChI is InChI=1S/C32H31N3O7S/c1-4-19-41-27-14-10-25(11-15-27)32(37)42-29-18-7-23(20-30(29)40-3)21-33-34-31(36)24-8-12-26(13-9-24)35-43(38,39)28-16-5-22(2)6-17-28/h5-18,20-21,35H,4,19H2,1-3H3,(H,34,36)/b33-21-. The Morgan fingerprint density at radius 3 is 2.19 bits per heavy atom. The molecule has 11 heteroatoms. The zero-order valence-corrected chi connectivity index (χ0v) is 24.7. The van der Waals surface area contributed by atoms with E-state index in [1.807, 2.05) is 13.8 Å². The summed E-state index contributed by atoms with van der Waals surface area (Å²) in [4.78, 5) is 25.3. The van der Waals surface area contributed by atoms with Gasteiger partial charge in [0.05, 0.1) is 30.4 Å². The lowest BCUT2D eigenvalue weighted by Gasteiger charge is -2.10. The first-order valence-electron chi connectivity index (χ1n) is 13.3. The second kappa shape index (κ2) is 14.1. The predicted molar refractivity (Wildman–Crippen MR) is 164 cm³/mol. The number of hydrogen-bond donors (Lipinski definition) is 2. The van der Waals surface area contributed by atoms with Gasteiger partial charge in [-0.25, -0.2) is 18.6 Å². The van der Waals surface area contributed by atoms with Crippen molar-refractivity contribution in [3.05, 3.63) is 113 Å². The fourth-order valence-electron chi connectivity index (χ4n) is 3.77. The quantitative estimate of drug-likeness (QED) is 0.0938. The summed E-state index contributed by atoms with van der Waals surface area (Å²) in [6, 6.07) is 23.9. The van der Waals surface area contributed by atoms with Crippen LogP contribution in [0.1, 0.15) is 45.2 Å². The van der Waals surface area contributed by atoms with Crippen LogP contribution in [0.15, 0.2) is 101 Å². The van der Waals surface area contributed by atoms with E-state index in [2.05, 4.69) is 15.2 Å². The Balaban J connectivity index is 1.33. The molecule has 0 fully saturated rings. The van der Waals surface area contributed by atoms with Crippen molar-refractivity contribution in [2.45, 2.75) is 25.2 Å². The lowest BCUT2D eigenvalue weighted by Crippen LogP contribution is -2.18. The first kappa shape index (κ1) is 30.8. The van der Waals surface area contributed by atoms with Gasteiger partial charge >= 0.3 is 5.97 Å². The molecular weight excluding hydrogens is 570 g/mol. The highest BCUT2D eigenvalue weighted by Gasteiger charge is 2.15. The zero-order valence-electron chi connectivity index (χ0n) is 23.9. The van der Waals surface area contributed by atoms with Gasteiger partial charge in [0.15, 0.2) is 11.5 Å². The molecule has 0 aliphatic rings. The molecule has 0 aromatic heterocycles. The molecule has 43 heavy (non-hydrogen) atoms. The fraction of sp³-hybridized carbons (Fsp3) is 0.156. The van der Waals surface area contributed by atoms with E-state index >= 15 is 0 Å². The van der Waals surface area contributed by atoms with Crippen LogP contribution in [-0.4, -0.2) is 40.2 Å². The molecule has 4 rings (SSSR count). The van der Waals surface area contributed by atoms with E-state index in [0.29, 0.717) is 34.9 Å². The molecule has 0 spiro atoms. The van der Waals surface area contributed by atoms with Crippen molar-refractivity contribution in [3.63, 3.8) is 0 Å². The molecule has 0 aliphatic carbocycles. The van der Waals surface area contributed by atoms with Gasteiger partial charge in [0.2, 0.25) is 0 Å². The van der Waals surface area contributed by atoms with E-state index in [0.717, 1.165) is 12.0 Å². The number of amides is 1. The molecule has 0 unspecified atom stereocenters. The highest BCUT2D eigenvalue weighted by molar-refractivity contribution is 7.92. The summed E-state index contributed by atoms with van der Waals surface area (Å²) < 4.78 is 44.1. The largest absolute Gasteiger partial charge is 0.494 e. The maximum absolute atomic E-state index is 12.6. The molecule has 4 aromatic rings. The number of hydrazone groups is 1. The summed E-state index contributed by atoms with van der Waals surface area (Å²) in [5.41, 5.74) is 4.90. The minimum absolute atomic E-state index is 0.139. The summed E-state index contributed by atoms with van der Waals surface area (Å²) >= 11 is 0. The highest BCUT2D eigenvalue weighted by Crippen LogP contribution is 2.28. The average Bonchev–Trinajstić information content (AvgIpc) is 3.01. The van der Waals surface area contributed by atoms with Crippen LogP contribution in [0.25, 0.3) is 0 Å². The first-order valence-corrected chi connectivity index (χ1v) is 14.8. The molecule has 0 saturated carbocycles. The van der Waals surface area contributed by atoms with Gasteiger partial charge in [0, 0.05) is 11.3 Å². The number of benzene rings is 4. The lowest BCUT2D eigenvalue weighted by molar-refractivity contribution is 0.0729. The van der Waals surface area contributed by atoms with Crippen LogP contribution >= 0.6 is 0 Å². The van der Waals surface area contributed by atoms with Crippen molar-refractivity contribution in [2.75, 3.05) is 18.4 Å². The number of nitrogens with zero attached hydrogens (tertiary/aromatic N) is 1. The molecule has 222 valence electrons. The Kier molecular flexibility index (Phi) is 10.1. The van der Waals surface area contributed by atoms with E-state index in [1.54, 1.807) is 54.6 Å². The molecule has 0 bridgehead atoms. The van der Waals surface area contributed by atoms with Crippen LogP contribution in [0.3, 0.4) is 0 Å². The lowest BCUT2D eigenvalue weighted by atomic mass is 10.2. The third-order valence-corrected chi connectivity index (χ3v) is 7.46. The average molecular weight is 602 g/mol. The summed E-state index contributed by atoms with van der Waals surface area (Å²) in [6.07, 6.45) is 2.29. The summed E-state index contributed by atoms with van der Waals surface area (Å²) in [7, 11) is -2.31. The number of aryl methyl sites for hydroxylation is 1. The predicted octanol–water partition coefficient (Wildman–Crippen LogP) is 5.58. The number of ether oxygens (including phenoxy) is 3. The number of carbonyl (C=O) groups excluding carboxylic acids is 2. The monoisotopic (exact) mass is 601 g/mol. The van der Waals surface area contributed by atoms with Crippen LogP contribution in [0.4, 0.5) is 5.69 Å². The molecule has 0 heterocycles. The van der Waals surface area contributed by atoms with Gasteiger partial charge in [-0.1, -0.05) is 24.6 Å². The Morgan fingerprint density at radius 2 is 1.53 bits per heavy atom. The van der Waals surface area contributed by atoms with Crippen molar-refractivity contribution in [1.82, 2.24) is 5.43 Å². The Labute approximate surface area is 250 Å². The smallest absolute Gasteiger partial charge is 0.343 e. The molecule has 4 aromatic carbocycles. The first-order chi connectivity index (χ1) is 20.7. The minimum atomic E-state index is -3.76. The Morgan fingerprint density at radius 1 is 0.860 bits per heavy atom. The third kappa shape index (κ3) is 8.43. The van der Waals surface area contributed by atoms with Gasteiger partial charge in [0.25, 0.3) is 15.9 Å². The molecule has 0 atom stereocenters. The van der Waals surface area contributed by atoms with Crippen LogP contribution in [-0.2, 0) is 10.0 Å². The van der Waals surface area contributed by atoms with Crippen molar-refractivity contribution in [1.29, 1.82) is 0 Å². The molecule has 0 radical (unpaired) electrons. The van der Waals surface area contributed by atoms with Crippen molar-refractivity contribution in [3.8, 4) is 17.2 Å². The molecule has 0 aliphatic heterocycles. The SMILES string of the molecule is CCCOc1ccc(C(=O)Oc2ccc(/C=N\NC(=O)c3ccc(NS(=O)(=O)c4ccc(C)cc4)cc3)cc2OC)cc1. The summed E-state index contributed by atoms with van der Waals surface area (Å²) in [6.45, 7) is 4.47. The topological polar surface area (TPSA) is 132 Å². The van der Waals surface area contributed by atoms with Gasteiger partial charge in [-0.15, -0.1) is 0 Å². The molecular formula is C32H31N3O7S. The van der Waals surface area contributed by atoms with Crippen LogP contribution < -0.4 is 24.4 Å². The Hall–Kier alpha value is -5.16. The van der Waals surface area contributed by atoms with Gasteiger partial charge in [-0.2, -0.15) is 5.10 Å². The number of sulfonamides is 1. The van der Waals surface area contributed by atoms with E-state index in [4.69, 9.17) is 14.2 Å². The summed E-state index contributed by atoms with van der Waals surface area (Å²) in [5.74, 6) is 0.147. The second-order valence-electron chi connectivity index (χ2n) is 9.37. The van der Waals surface area contributed by atoms with Crippen LogP contribution in [0, 0.1) is 6.92 Å². The molecule has 1 amide bonds. The molecule has 2 N–H and O–H groups in total. The number of carbonyl (C=O) groups is 2. The van der Waals surface area contributed by atoms with E-state index in [1.165, 1.54) is 49.7 Å². The molecule has 10 nitrogen and oxygen atoms in total. The van der Waals surface area contributed by atoms with Crippen molar-refractivity contribution < 1.29 is 32.2 Å². The zero-order chi connectivity index (χ0) is 30.8. The van der Waals surface area contributed by atoms with Gasteiger partial charge in [-0.3, -0.25) is 9.52 Å². The van der Waals surface area contributed by atoms with Crippen molar-refractivity contribution in [2.24, 2.45) is 5.10 Å². The highest BCUT2D eigenvalue weighted by atomic mass is 32.2. The Bertz CT molecular complexity index is 1700. The number of methoxy groups -OCH3 is 1.